The molecule has 0 aliphatic heterocycles. The van der Waals surface area contributed by atoms with Crippen LogP contribution in [0.1, 0.15) is 41.4 Å². The van der Waals surface area contributed by atoms with Crippen LogP contribution in [-0.2, 0) is 0 Å². The Morgan fingerprint density at radius 2 is 1.95 bits per heavy atom. The second-order valence-electron chi connectivity index (χ2n) is 4.69. The van der Waals surface area contributed by atoms with E-state index in [1.807, 2.05) is 12.1 Å². The lowest BCUT2D eigenvalue weighted by Crippen LogP contribution is -2.10. The van der Waals surface area contributed by atoms with Gasteiger partial charge in [-0.3, -0.25) is 4.79 Å². The Balaban J connectivity index is 1.92. The zero-order valence-corrected chi connectivity index (χ0v) is 13.1. The van der Waals surface area contributed by atoms with Crippen LogP contribution in [0.25, 0.3) is 0 Å². The van der Waals surface area contributed by atoms with Crippen molar-refractivity contribution in [1.29, 1.82) is 0 Å². The summed E-state index contributed by atoms with van der Waals surface area (Å²) >= 11 is 7.08. The number of ether oxygens (including phenoxy) is 1. The first-order valence-electron chi connectivity index (χ1n) is 6.61. The van der Waals surface area contributed by atoms with Crippen molar-refractivity contribution >= 4 is 28.7 Å². The average Bonchev–Trinajstić information content (AvgIpc) is 2.91. The Morgan fingerprint density at radius 1 is 1.25 bits per heavy atom. The highest BCUT2D eigenvalue weighted by Gasteiger charge is 2.10. The van der Waals surface area contributed by atoms with Gasteiger partial charge in [0.2, 0.25) is 5.78 Å². The van der Waals surface area contributed by atoms with Crippen LogP contribution in [0, 0.1) is 0 Å². The Morgan fingerprint density at radius 3 is 2.50 bits per heavy atom. The molecule has 2 aromatic rings. The van der Waals surface area contributed by atoms with Gasteiger partial charge in [-0.25, -0.2) is 0 Å². The molecule has 0 saturated carbocycles. The summed E-state index contributed by atoms with van der Waals surface area (Å²) in [5.41, 5.74) is 1.29. The molecule has 0 fully saturated rings. The standard InChI is InChI=1S/C16H17ClO2S/c1-3-11(2)12-4-6-13(7-5-12)19-10-14(18)15-8-9-16(17)20-15/h4-9,11H,3,10H2,1-2H3. The smallest absolute Gasteiger partial charge is 0.210 e. The molecular formula is C16H17ClO2S. The van der Waals surface area contributed by atoms with Crippen LogP contribution in [0.4, 0.5) is 0 Å². The number of carbonyl (C=O) groups excluding carboxylic acids is 1. The molecule has 0 bridgehead atoms. The van der Waals surface area contributed by atoms with E-state index >= 15 is 0 Å². The summed E-state index contributed by atoms with van der Waals surface area (Å²) in [7, 11) is 0. The fourth-order valence-corrected chi connectivity index (χ4v) is 2.78. The minimum absolute atomic E-state index is 0.0412. The molecule has 20 heavy (non-hydrogen) atoms. The maximum absolute atomic E-state index is 11.9. The number of benzene rings is 1. The molecule has 0 saturated heterocycles. The molecule has 0 spiro atoms. The van der Waals surface area contributed by atoms with Gasteiger partial charge in [-0.15, -0.1) is 11.3 Å². The summed E-state index contributed by atoms with van der Waals surface area (Å²) in [5, 5.41) is 0. The molecule has 0 aliphatic carbocycles. The molecule has 106 valence electrons. The molecule has 1 atom stereocenters. The molecule has 1 heterocycles. The highest BCUT2D eigenvalue weighted by molar-refractivity contribution is 7.18. The van der Waals surface area contributed by atoms with E-state index in [0.717, 1.165) is 6.42 Å². The van der Waals surface area contributed by atoms with Crippen molar-refractivity contribution in [3.8, 4) is 5.75 Å². The van der Waals surface area contributed by atoms with Gasteiger partial charge in [0, 0.05) is 0 Å². The first kappa shape index (κ1) is 15.1. The largest absolute Gasteiger partial charge is 0.485 e. The molecule has 0 N–H and O–H groups in total. The highest BCUT2D eigenvalue weighted by Crippen LogP contribution is 2.23. The third kappa shape index (κ3) is 3.84. The van der Waals surface area contributed by atoms with Crippen LogP contribution in [0.3, 0.4) is 0 Å². The van der Waals surface area contributed by atoms with E-state index in [9.17, 15) is 4.79 Å². The topological polar surface area (TPSA) is 26.3 Å². The van der Waals surface area contributed by atoms with Gasteiger partial charge in [0.05, 0.1) is 9.21 Å². The van der Waals surface area contributed by atoms with E-state index < -0.39 is 0 Å². The van der Waals surface area contributed by atoms with E-state index in [2.05, 4.69) is 26.0 Å². The van der Waals surface area contributed by atoms with Gasteiger partial charge in [-0.2, -0.15) is 0 Å². The van der Waals surface area contributed by atoms with Crippen LogP contribution < -0.4 is 4.74 Å². The fourth-order valence-electron chi connectivity index (χ4n) is 1.81. The summed E-state index contributed by atoms with van der Waals surface area (Å²) < 4.78 is 6.13. The second kappa shape index (κ2) is 6.91. The molecule has 2 rings (SSSR count). The molecular weight excluding hydrogens is 292 g/mol. The zero-order valence-electron chi connectivity index (χ0n) is 11.6. The van der Waals surface area contributed by atoms with E-state index in [0.29, 0.717) is 20.9 Å². The lowest BCUT2D eigenvalue weighted by Gasteiger charge is -2.10. The van der Waals surface area contributed by atoms with Crippen molar-refractivity contribution in [3.63, 3.8) is 0 Å². The minimum atomic E-state index is -0.0482. The summed E-state index contributed by atoms with van der Waals surface area (Å²) in [6.45, 7) is 4.40. The van der Waals surface area contributed by atoms with Gasteiger partial charge in [0.15, 0.2) is 6.61 Å². The monoisotopic (exact) mass is 308 g/mol. The van der Waals surface area contributed by atoms with Crippen LogP contribution in [0.2, 0.25) is 4.34 Å². The molecule has 0 radical (unpaired) electrons. The summed E-state index contributed by atoms with van der Waals surface area (Å²) in [5.74, 6) is 1.21. The Kier molecular flexibility index (Phi) is 5.21. The van der Waals surface area contributed by atoms with Gasteiger partial charge < -0.3 is 4.74 Å². The lowest BCUT2D eigenvalue weighted by atomic mass is 9.99. The van der Waals surface area contributed by atoms with Gasteiger partial charge in [-0.05, 0) is 42.2 Å². The van der Waals surface area contributed by atoms with Crippen molar-refractivity contribution in [3.05, 3.63) is 51.2 Å². The molecule has 1 unspecified atom stereocenters. The number of ketones is 1. The Bertz CT molecular complexity index is 574. The van der Waals surface area contributed by atoms with Crippen LogP contribution >= 0.6 is 22.9 Å². The second-order valence-corrected chi connectivity index (χ2v) is 6.41. The van der Waals surface area contributed by atoms with Crippen LogP contribution in [-0.4, -0.2) is 12.4 Å². The molecule has 1 aromatic heterocycles. The third-order valence-electron chi connectivity index (χ3n) is 3.28. The van der Waals surface area contributed by atoms with Crippen molar-refractivity contribution in [2.75, 3.05) is 6.61 Å². The minimum Gasteiger partial charge on any atom is -0.485 e. The summed E-state index contributed by atoms with van der Waals surface area (Å²) in [4.78, 5) is 12.5. The van der Waals surface area contributed by atoms with Crippen molar-refractivity contribution in [2.45, 2.75) is 26.2 Å². The fraction of sp³-hybridized carbons (Fsp3) is 0.312. The van der Waals surface area contributed by atoms with E-state index in [-0.39, 0.29) is 12.4 Å². The number of rotatable bonds is 6. The maximum Gasteiger partial charge on any atom is 0.210 e. The summed E-state index contributed by atoms with van der Waals surface area (Å²) in [6, 6.07) is 11.4. The Hall–Kier alpha value is -1.32. The maximum atomic E-state index is 11.9. The van der Waals surface area contributed by atoms with Gasteiger partial charge in [0.25, 0.3) is 0 Å². The number of carbonyl (C=O) groups is 1. The molecule has 2 nitrogen and oxygen atoms in total. The van der Waals surface area contributed by atoms with Crippen molar-refractivity contribution in [1.82, 2.24) is 0 Å². The number of thiophene rings is 1. The Labute approximate surface area is 128 Å². The quantitative estimate of drug-likeness (QED) is 0.688. The van der Waals surface area contributed by atoms with E-state index in [1.165, 1.54) is 16.9 Å². The highest BCUT2D eigenvalue weighted by atomic mass is 35.5. The normalized spacial score (nSPS) is 12.2. The predicted molar refractivity (Wildman–Crippen MR) is 84.3 cm³/mol. The van der Waals surface area contributed by atoms with E-state index in [1.54, 1.807) is 12.1 Å². The molecule has 1 aromatic carbocycles. The van der Waals surface area contributed by atoms with Gasteiger partial charge in [-0.1, -0.05) is 37.6 Å². The molecule has 0 aliphatic rings. The average molecular weight is 309 g/mol. The number of halogens is 1. The number of Topliss-reactive ketones (excluding diaryl/α,β-unsaturated/α-hetero) is 1. The summed E-state index contributed by atoms with van der Waals surface area (Å²) in [6.07, 6.45) is 1.11. The predicted octanol–water partition coefficient (Wildman–Crippen LogP) is 5.18. The van der Waals surface area contributed by atoms with Crippen LogP contribution in [0.15, 0.2) is 36.4 Å². The lowest BCUT2D eigenvalue weighted by molar-refractivity contribution is 0.0925. The van der Waals surface area contributed by atoms with Crippen LogP contribution in [0.5, 0.6) is 5.75 Å². The zero-order chi connectivity index (χ0) is 14.5. The third-order valence-corrected chi connectivity index (χ3v) is 4.55. The first-order chi connectivity index (χ1) is 9.60. The molecule has 0 amide bonds. The van der Waals surface area contributed by atoms with Gasteiger partial charge in [0.1, 0.15) is 5.75 Å². The van der Waals surface area contributed by atoms with E-state index in [4.69, 9.17) is 16.3 Å². The number of hydrogen-bond acceptors (Lipinski definition) is 3. The first-order valence-corrected chi connectivity index (χ1v) is 7.81. The van der Waals surface area contributed by atoms with Crippen molar-refractivity contribution < 1.29 is 9.53 Å². The SMILES string of the molecule is CCC(C)c1ccc(OCC(=O)c2ccc(Cl)s2)cc1. The van der Waals surface area contributed by atoms with Crippen molar-refractivity contribution in [2.24, 2.45) is 0 Å². The van der Waals surface area contributed by atoms with Gasteiger partial charge >= 0.3 is 0 Å². The molecule has 4 heteroatoms. The number of hydrogen-bond donors (Lipinski definition) is 0.